The van der Waals surface area contributed by atoms with Crippen LogP contribution in [-0.4, -0.2) is 40.2 Å². The third kappa shape index (κ3) is 4.08. The summed E-state index contributed by atoms with van der Waals surface area (Å²) in [6.07, 6.45) is 1.85. The number of nitrogens with one attached hydrogen (secondary N) is 1. The number of aryl methyl sites for hydroxylation is 3. The van der Waals surface area contributed by atoms with Crippen LogP contribution in [0.2, 0.25) is 0 Å². The van der Waals surface area contributed by atoms with Gasteiger partial charge in [0.2, 0.25) is 0 Å². The molecular weight excluding hydrogens is 278 g/mol. The first-order chi connectivity index (χ1) is 10.5. The van der Waals surface area contributed by atoms with Gasteiger partial charge < -0.3 is 14.8 Å². The minimum atomic E-state index is 0.140. The fourth-order valence-electron chi connectivity index (χ4n) is 2.63. The molecule has 2 rings (SSSR count). The van der Waals surface area contributed by atoms with E-state index in [2.05, 4.69) is 40.8 Å². The maximum absolute atomic E-state index is 9.32. The number of rotatable bonds is 7. The molecule has 0 saturated heterocycles. The Kier molecular flexibility index (Phi) is 5.57. The summed E-state index contributed by atoms with van der Waals surface area (Å²) in [4.78, 5) is 9.68. The topological polar surface area (TPSA) is 61.4 Å². The number of ether oxygens (including phenoxy) is 1. The highest BCUT2D eigenvalue weighted by Crippen LogP contribution is 2.23. The van der Waals surface area contributed by atoms with E-state index < -0.39 is 0 Å². The molecule has 2 N–H and O–H groups in total. The molecule has 0 aliphatic carbocycles. The van der Waals surface area contributed by atoms with Gasteiger partial charge in [0, 0.05) is 31.5 Å². The summed E-state index contributed by atoms with van der Waals surface area (Å²) in [7, 11) is 1.69. The van der Waals surface area contributed by atoms with E-state index in [0.29, 0.717) is 6.54 Å². The number of hydrogen-bond acceptors (Lipinski definition) is 4. The number of aliphatic hydroxyl groups is 1. The van der Waals surface area contributed by atoms with E-state index in [1.54, 1.807) is 7.11 Å². The van der Waals surface area contributed by atoms with Crippen molar-refractivity contribution in [1.82, 2.24) is 14.9 Å². The average Bonchev–Trinajstić information content (AvgIpc) is 2.88. The van der Waals surface area contributed by atoms with Crippen LogP contribution in [0.25, 0.3) is 0 Å². The van der Waals surface area contributed by atoms with Crippen LogP contribution in [0.5, 0.6) is 5.75 Å². The zero-order chi connectivity index (χ0) is 16.1. The van der Waals surface area contributed by atoms with Crippen LogP contribution in [0, 0.1) is 20.8 Å². The molecule has 1 aromatic heterocycles. The standard InChI is InChI=1S/C17H25N3O2/c1-12-8-17(22-4)13(2)7-15(12)10-20(5-6-21)11-16-9-18-14(3)19-16/h7-9,21H,5-6,10-11H2,1-4H3,(H,18,19). The van der Waals surface area contributed by atoms with Gasteiger partial charge in [0.15, 0.2) is 0 Å². The van der Waals surface area contributed by atoms with E-state index in [9.17, 15) is 5.11 Å². The van der Waals surface area contributed by atoms with E-state index in [4.69, 9.17) is 4.74 Å². The number of aliphatic hydroxyl groups excluding tert-OH is 1. The summed E-state index contributed by atoms with van der Waals surface area (Å²) in [6, 6.07) is 4.24. The van der Waals surface area contributed by atoms with Crippen LogP contribution in [0.1, 0.15) is 28.2 Å². The lowest BCUT2D eigenvalue weighted by Crippen LogP contribution is -2.26. The van der Waals surface area contributed by atoms with Crippen LogP contribution < -0.4 is 4.74 Å². The minimum Gasteiger partial charge on any atom is -0.496 e. The maximum Gasteiger partial charge on any atom is 0.122 e. The van der Waals surface area contributed by atoms with Crippen molar-refractivity contribution in [3.05, 3.63) is 46.5 Å². The minimum absolute atomic E-state index is 0.140. The Labute approximate surface area is 132 Å². The Bertz CT molecular complexity index is 622. The molecule has 0 radical (unpaired) electrons. The lowest BCUT2D eigenvalue weighted by atomic mass is 10.0. The van der Waals surface area contributed by atoms with Gasteiger partial charge in [-0.3, -0.25) is 4.90 Å². The van der Waals surface area contributed by atoms with Gasteiger partial charge >= 0.3 is 0 Å². The van der Waals surface area contributed by atoms with Gasteiger partial charge in [-0.15, -0.1) is 0 Å². The number of aromatic nitrogens is 2. The molecule has 120 valence electrons. The lowest BCUT2D eigenvalue weighted by molar-refractivity contribution is 0.182. The highest BCUT2D eigenvalue weighted by molar-refractivity contribution is 5.41. The van der Waals surface area contributed by atoms with Gasteiger partial charge in [-0.25, -0.2) is 4.98 Å². The number of imidazole rings is 1. The number of methoxy groups -OCH3 is 1. The van der Waals surface area contributed by atoms with Crippen molar-refractivity contribution in [3.63, 3.8) is 0 Å². The highest BCUT2D eigenvalue weighted by Gasteiger charge is 2.11. The van der Waals surface area contributed by atoms with Crippen molar-refractivity contribution in [2.45, 2.75) is 33.9 Å². The number of hydrogen-bond donors (Lipinski definition) is 2. The van der Waals surface area contributed by atoms with Crippen molar-refractivity contribution < 1.29 is 9.84 Å². The first-order valence-electron chi connectivity index (χ1n) is 7.51. The largest absolute Gasteiger partial charge is 0.496 e. The second kappa shape index (κ2) is 7.42. The summed E-state index contributed by atoms with van der Waals surface area (Å²) >= 11 is 0. The second-order valence-electron chi connectivity index (χ2n) is 5.68. The quantitative estimate of drug-likeness (QED) is 0.824. The van der Waals surface area contributed by atoms with Crippen molar-refractivity contribution in [2.75, 3.05) is 20.3 Å². The van der Waals surface area contributed by atoms with Gasteiger partial charge in [0.05, 0.1) is 13.7 Å². The summed E-state index contributed by atoms with van der Waals surface area (Å²) in [5.74, 6) is 1.83. The molecule has 0 saturated carbocycles. The fraction of sp³-hybridized carbons (Fsp3) is 0.471. The lowest BCUT2D eigenvalue weighted by Gasteiger charge is -2.22. The molecule has 5 heteroatoms. The first kappa shape index (κ1) is 16.5. The average molecular weight is 303 g/mol. The summed E-state index contributed by atoms with van der Waals surface area (Å²) in [5.41, 5.74) is 4.65. The Morgan fingerprint density at radius 1 is 1.18 bits per heavy atom. The Morgan fingerprint density at radius 2 is 1.95 bits per heavy atom. The van der Waals surface area contributed by atoms with E-state index in [1.165, 1.54) is 11.1 Å². The molecule has 0 atom stereocenters. The predicted octanol–water partition coefficient (Wildman–Crippen LogP) is 2.34. The van der Waals surface area contributed by atoms with Crippen molar-refractivity contribution in [1.29, 1.82) is 0 Å². The van der Waals surface area contributed by atoms with Gasteiger partial charge in [-0.05, 0) is 43.5 Å². The predicted molar refractivity (Wildman–Crippen MR) is 87.0 cm³/mol. The molecule has 5 nitrogen and oxygen atoms in total. The van der Waals surface area contributed by atoms with E-state index in [-0.39, 0.29) is 6.61 Å². The van der Waals surface area contributed by atoms with Crippen molar-refractivity contribution in [3.8, 4) is 5.75 Å². The first-order valence-corrected chi connectivity index (χ1v) is 7.51. The van der Waals surface area contributed by atoms with Crippen LogP contribution in [0.3, 0.4) is 0 Å². The molecule has 0 amide bonds. The number of nitrogens with zero attached hydrogens (tertiary/aromatic N) is 2. The van der Waals surface area contributed by atoms with Crippen LogP contribution in [0.15, 0.2) is 18.3 Å². The van der Waals surface area contributed by atoms with E-state index in [0.717, 1.165) is 35.9 Å². The Balaban J connectivity index is 2.15. The zero-order valence-electron chi connectivity index (χ0n) is 13.8. The van der Waals surface area contributed by atoms with E-state index >= 15 is 0 Å². The van der Waals surface area contributed by atoms with Crippen molar-refractivity contribution >= 4 is 0 Å². The summed E-state index contributed by atoms with van der Waals surface area (Å²) in [5, 5.41) is 9.32. The Morgan fingerprint density at radius 3 is 2.55 bits per heavy atom. The normalized spacial score (nSPS) is 11.2. The molecule has 0 bridgehead atoms. The smallest absolute Gasteiger partial charge is 0.122 e. The zero-order valence-corrected chi connectivity index (χ0v) is 13.8. The molecule has 0 spiro atoms. The Hall–Kier alpha value is -1.85. The number of H-pyrrole nitrogens is 1. The van der Waals surface area contributed by atoms with Gasteiger partial charge in [0.1, 0.15) is 11.6 Å². The summed E-state index contributed by atoms with van der Waals surface area (Å²) < 4.78 is 5.36. The molecule has 22 heavy (non-hydrogen) atoms. The second-order valence-corrected chi connectivity index (χ2v) is 5.68. The van der Waals surface area contributed by atoms with E-state index in [1.807, 2.05) is 13.1 Å². The summed E-state index contributed by atoms with van der Waals surface area (Å²) in [6.45, 7) is 8.38. The number of benzene rings is 1. The molecule has 0 aliphatic heterocycles. The molecule has 0 aliphatic rings. The van der Waals surface area contributed by atoms with Crippen molar-refractivity contribution in [2.24, 2.45) is 0 Å². The molecule has 0 fully saturated rings. The SMILES string of the molecule is COc1cc(C)c(CN(CCO)Cc2cnc(C)[nH]2)cc1C. The van der Waals surface area contributed by atoms with Crippen LogP contribution in [0.4, 0.5) is 0 Å². The third-order valence-corrected chi connectivity index (χ3v) is 3.81. The molecule has 1 aromatic carbocycles. The fourth-order valence-corrected chi connectivity index (χ4v) is 2.63. The molecule has 0 unspecified atom stereocenters. The van der Waals surface area contributed by atoms with Crippen LogP contribution in [-0.2, 0) is 13.1 Å². The van der Waals surface area contributed by atoms with Gasteiger partial charge in [-0.2, -0.15) is 0 Å². The molecule has 2 aromatic rings. The number of aromatic amines is 1. The van der Waals surface area contributed by atoms with Gasteiger partial charge in [0.25, 0.3) is 0 Å². The van der Waals surface area contributed by atoms with Gasteiger partial charge in [-0.1, -0.05) is 6.07 Å². The monoisotopic (exact) mass is 303 g/mol. The molecule has 1 heterocycles. The maximum atomic E-state index is 9.32. The molecular formula is C17H25N3O2. The third-order valence-electron chi connectivity index (χ3n) is 3.81. The highest BCUT2D eigenvalue weighted by atomic mass is 16.5. The van der Waals surface area contributed by atoms with Crippen LogP contribution >= 0.6 is 0 Å².